The number of aliphatic hydroxyl groups is 1. The summed E-state index contributed by atoms with van der Waals surface area (Å²) in [6, 6.07) is 14.2. The predicted octanol–water partition coefficient (Wildman–Crippen LogP) is 5.30. The molecular weight excluding hydrogens is 449 g/mol. The fourth-order valence-electron chi connectivity index (χ4n) is 5.19. The number of hydrogen-bond acceptors (Lipinski definition) is 3. The van der Waals surface area contributed by atoms with Crippen LogP contribution in [0.15, 0.2) is 48.5 Å². The Morgan fingerprint density at radius 2 is 1.81 bits per heavy atom. The second kappa shape index (κ2) is 9.05. The summed E-state index contributed by atoms with van der Waals surface area (Å²) in [5, 5.41) is 21.1. The zero-order valence-electron chi connectivity index (χ0n) is 17.9. The number of carbonyl (C=O) groups excluding carboxylic acids is 1. The van der Waals surface area contributed by atoms with Crippen LogP contribution in [-0.4, -0.2) is 39.6 Å². The van der Waals surface area contributed by atoms with Crippen LogP contribution in [0.2, 0.25) is 10.0 Å². The third kappa shape index (κ3) is 4.52. The van der Waals surface area contributed by atoms with E-state index < -0.39 is 11.4 Å². The minimum atomic E-state index is -1.09. The molecule has 0 unspecified atom stereocenters. The maximum absolute atomic E-state index is 13.9. The molecule has 0 radical (unpaired) electrons. The zero-order valence-corrected chi connectivity index (χ0v) is 19.4. The largest absolute Gasteiger partial charge is 0.481 e. The van der Waals surface area contributed by atoms with Crippen molar-refractivity contribution in [2.24, 2.45) is 11.3 Å². The van der Waals surface area contributed by atoms with Gasteiger partial charge in [-0.25, -0.2) is 0 Å². The Balaban J connectivity index is 1.89. The Morgan fingerprint density at radius 3 is 2.38 bits per heavy atom. The van der Waals surface area contributed by atoms with Crippen LogP contribution < -0.4 is 0 Å². The minimum Gasteiger partial charge on any atom is -0.481 e. The van der Waals surface area contributed by atoms with Gasteiger partial charge in [0.05, 0.1) is 30.5 Å². The second-order valence-corrected chi connectivity index (χ2v) is 10.2. The van der Waals surface area contributed by atoms with E-state index >= 15 is 0 Å². The Labute approximate surface area is 197 Å². The van der Waals surface area contributed by atoms with Crippen LogP contribution in [-0.2, 0) is 9.59 Å². The number of rotatable bonds is 7. The maximum Gasteiger partial charge on any atom is 0.304 e. The second-order valence-electron chi connectivity index (χ2n) is 9.29. The highest BCUT2D eigenvalue weighted by atomic mass is 35.5. The van der Waals surface area contributed by atoms with Crippen molar-refractivity contribution in [2.75, 3.05) is 6.61 Å². The Hall–Kier alpha value is -2.08. The van der Waals surface area contributed by atoms with Gasteiger partial charge < -0.3 is 15.1 Å². The average Bonchev–Trinajstić information content (AvgIpc) is 3.57. The molecule has 7 heteroatoms. The summed E-state index contributed by atoms with van der Waals surface area (Å²) < 4.78 is 0. The van der Waals surface area contributed by atoms with Gasteiger partial charge in [-0.3, -0.25) is 9.59 Å². The molecule has 5 nitrogen and oxygen atoms in total. The van der Waals surface area contributed by atoms with Crippen LogP contribution in [0.1, 0.15) is 55.7 Å². The first-order valence-electron chi connectivity index (χ1n) is 10.9. The fraction of sp³-hybridized carbons (Fsp3) is 0.440. The third-order valence-electron chi connectivity index (χ3n) is 6.84. The summed E-state index contributed by atoms with van der Waals surface area (Å²) in [6.07, 6.45) is 1.99. The summed E-state index contributed by atoms with van der Waals surface area (Å²) in [6.45, 7) is 1.57. The van der Waals surface area contributed by atoms with Crippen molar-refractivity contribution in [3.8, 4) is 0 Å². The Morgan fingerprint density at radius 1 is 1.12 bits per heavy atom. The highest BCUT2D eigenvalue weighted by molar-refractivity contribution is 6.30. The van der Waals surface area contributed by atoms with E-state index in [1.54, 1.807) is 30.0 Å². The molecule has 1 saturated carbocycles. The normalized spacial score (nSPS) is 26.8. The lowest BCUT2D eigenvalue weighted by Gasteiger charge is -2.51. The lowest BCUT2D eigenvalue weighted by Crippen LogP contribution is -2.57. The van der Waals surface area contributed by atoms with Crippen molar-refractivity contribution < 1.29 is 19.8 Å². The Kier molecular flexibility index (Phi) is 6.53. The van der Waals surface area contributed by atoms with Gasteiger partial charge >= 0.3 is 5.97 Å². The molecule has 1 aliphatic heterocycles. The van der Waals surface area contributed by atoms with E-state index in [1.807, 2.05) is 30.3 Å². The average molecular weight is 476 g/mol. The third-order valence-corrected chi connectivity index (χ3v) is 7.33. The summed E-state index contributed by atoms with van der Waals surface area (Å²) in [4.78, 5) is 27.4. The number of amides is 1. The van der Waals surface area contributed by atoms with Crippen molar-refractivity contribution in [3.05, 3.63) is 69.7 Å². The molecule has 0 bridgehead atoms. The first-order chi connectivity index (χ1) is 15.2. The molecule has 1 heterocycles. The van der Waals surface area contributed by atoms with E-state index in [0.29, 0.717) is 16.5 Å². The van der Waals surface area contributed by atoms with Crippen LogP contribution >= 0.6 is 23.2 Å². The molecule has 0 spiro atoms. The van der Waals surface area contributed by atoms with Crippen LogP contribution in [0.5, 0.6) is 0 Å². The molecule has 0 aromatic heterocycles. The van der Waals surface area contributed by atoms with E-state index in [4.69, 9.17) is 23.2 Å². The number of halogens is 2. The molecule has 1 saturated heterocycles. The monoisotopic (exact) mass is 475 g/mol. The first-order valence-corrected chi connectivity index (χ1v) is 11.7. The summed E-state index contributed by atoms with van der Waals surface area (Å²) in [5.41, 5.74) is 0.757. The van der Waals surface area contributed by atoms with Gasteiger partial charge in [0, 0.05) is 16.0 Å². The number of likely N-dealkylation sites (tertiary alicyclic amines) is 1. The lowest BCUT2D eigenvalue weighted by molar-refractivity contribution is -0.162. The molecule has 2 aromatic rings. The molecular formula is C25H27Cl2NO4. The predicted molar refractivity (Wildman–Crippen MR) is 124 cm³/mol. The number of hydrogen-bond donors (Lipinski definition) is 2. The smallest absolute Gasteiger partial charge is 0.304 e. The van der Waals surface area contributed by atoms with E-state index in [9.17, 15) is 19.8 Å². The van der Waals surface area contributed by atoms with Crippen LogP contribution in [0.4, 0.5) is 0 Å². The van der Waals surface area contributed by atoms with E-state index in [-0.39, 0.29) is 42.9 Å². The molecule has 2 aromatic carbocycles. The van der Waals surface area contributed by atoms with Gasteiger partial charge in [0.1, 0.15) is 0 Å². The SMILES string of the molecule is C[C@@]1(CC(=O)O)C[C@H](c2cccc(Cl)c2)[C@@H](c2ccc(Cl)cc2)N([C@H](CO)C2CC2)C1=O. The molecule has 2 aliphatic rings. The van der Waals surface area contributed by atoms with Crippen molar-refractivity contribution >= 4 is 35.1 Å². The van der Waals surface area contributed by atoms with Crippen LogP contribution in [0.3, 0.4) is 0 Å². The summed E-state index contributed by atoms with van der Waals surface area (Å²) >= 11 is 12.5. The van der Waals surface area contributed by atoms with E-state index in [1.165, 1.54) is 0 Å². The number of carbonyl (C=O) groups is 2. The molecule has 1 amide bonds. The zero-order chi connectivity index (χ0) is 23.0. The van der Waals surface area contributed by atoms with Crippen LogP contribution in [0.25, 0.3) is 0 Å². The maximum atomic E-state index is 13.9. The highest BCUT2D eigenvalue weighted by Crippen LogP contribution is 2.53. The van der Waals surface area contributed by atoms with Gasteiger partial charge in [0.2, 0.25) is 5.91 Å². The van der Waals surface area contributed by atoms with E-state index in [2.05, 4.69) is 0 Å². The quantitative estimate of drug-likeness (QED) is 0.569. The van der Waals surface area contributed by atoms with Gasteiger partial charge in [-0.15, -0.1) is 0 Å². The van der Waals surface area contributed by atoms with Crippen molar-refractivity contribution in [1.29, 1.82) is 0 Å². The lowest BCUT2D eigenvalue weighted by atomic mass is 9.67. The minimum absolute atomic E-state index is 0.161. The van der Waals surface area contributed by atoms with Gasteiger partial charge in [-0.2, -0.15) is 0 Å². The van der Waals surface area contributed by atoms with Crippen LogP contribution in [0, 0.1) is 11.3 Å². The number of piperidine rings is 1. The summed E-state index contributed by atoms with van der Waals surface area (Å²) in [5.74, 6) is -1.21. The van der Waals surface area contributed by atoms with Gasteiger partial charge in [0.15, 0.2) is 0 Å². The van der Waals surface area contributed by atoms with Gasteiger partial charge in [-0.1, -0.05) is 54.4 Å². The van der Waals surface area contributed by atoms with Gasteiger partial charge in [-0.05, 0) is 60.6 Å². The number of carboxylic acid groups (broad SMARTS) is 1. The first kappa shape index (κ1) is 23.1. The molecule has 4 atom stereocenters. The van der Waals surface area contributed by atoms with Crippen molar-refractivity contribution in [2.45, 2.75) is 50.6 Å². The number of aliphatic carboxylic acids is 1. The van der Waals surface area contributed by atoms with Gasteiger partial charge in [0.25, 0.3) is 0 Å². The highest BCUT2D eigenvalue weighted by Gasteiger charge is 2.54. The molecule has 2 N–H and O–H groups in total. The van der Waals surface area contributed by atoms with Crippen molar-refractivity contribution in [3.63, 3.8) is 0 Å². The van der Waals surface area contributed by atoms with Crippen molar-refractivity contribution in [1.82, 2.24) is 4.90 Å². The van der Waals surface area contributed by atoms with E-state index in [0.717, 1.165) is 24.0 Å². The molecule has 2 fully saturated rings. The standard InChI is InChI=1S/C25H27Cl2NO4/c1-25(13-22(30)31)12-20(17-3-2-4-19(27)11-17)23(16-7-9-18(26)10-8-16)28(24(25)32)21(14-29)15-5-6-15/h2-4,7-11,15,20-21,23,29H,5-6,12-14H2,1H3,(H,30,31)/t20-,21-,23-,25+/m1/s1. The number of nitrogens with zero attached hydrogens (tertiary/aromatic N) is 1. The molecule has 170 valence electrons. The number of aliphatic hydroxyl groups excluding tert-OH is 1. The fourth-order valence-corrected chi connectivity index (χ4v) is 5.51. The molecule has 4 rings (SSSR count). The molecule has 32 heavy (non-hydrogen) atoms. The number of benzene rings is 2. The number of carboxylic acids is 1. The molecule has 1 aliphatic carbocycles. The Bertz CT molecular complexity index is 1010. The summed E-state index contributed by atoms with van der Waals surface area (Å²) in [7, 11) is 0. The topological polar surface area (TPSA) is 77.8 Å².